The van der Waals surface area contributed by atoms with Gasteiger partial charge in [-0.15, -0.1) is 5.10 Å². The second-order valence-corrected chi connectivity index (χ2v) is 8.78. The number of para-hydroxylation sites is 1. The summed E-state index contributed by atoms with van der Waals surface area (Å²) in [7, 11) is 1.25. The molecule has 7 heteroatoms. The van der Waals surface area contributed by atoms with Gasteiger partial charge in [0.15, 0.2) is 0 Å². The van der Waals surface area contributed by atoms with E-state index in [1.54, 1.807) is 17.1 Å². The maximum absolute atomic E-state index is 4.58. The number of benzene rings is 1. The molecule has 0 spiro atoms. The molecule has 0 N–H and O–H groups in total. The van der Waals surface area contributed by atoms with Crippen molar-refractivity contribution in [3.8, 4) is 0 Å². The topological polar surface area (TPSA) is 43.1 Å². The van der Waals surface area contributed by atoms with Gasteiger partial charge in [0.05, 0.1) is 18.1 Å². The number of halogens is 2. The van der Waals surface area contributed by atoms with Crippen LogP contribution in [0.2, 0.25) is 0 Å². The molecule has 0 aliphatic rings. The van der Waals surface area contributed by atoms with Gasteiger partial charge in [-0.25, -0.2) is 9.67 Å². The van der Waals surface area contributed by atoms with Crippen molar-refractivity contribution in [1.29, 1.82) is 0 Å². The molecule has 0 bridgehead atoms. The fourth-order valence-electron chi connectivity index (χ4n) is 1.58. The second-order valence-electron chi connectivity index (χ2n) is 3.79. The first-order valence-electron chi connectivity index (χ1n) is 5.40. The van der Waals surface area contributed by atoms with E-state index in [1.165, 1.54) is 22.0 Å². The monoisotopic (exact) mass is 430 g/mol. The fourth-order valence-corrected chi connectivity index (χ4v) is 1.58. The third kappa shape index (κ3) is 5.17. The normalized spacial score (nSPS) is 11.1. The van der Waals surface area contributed by atoms with E-state index in [4.69, 9.17) is 0 Å². The Morgan fingerprint density at radius 1 is 1.26 bits per heavy atom. The Morgan fingerprint density at radius 2 is 1.84 bits per heavy atom. The maximum atomic E-state index is 4.58. The van der Waals surface area contributed by atoms with Crippen molar-refractivity contribution in [2.45, 2.75) is 20.8 Å². The van der Waals surface area contributed by atoms with Crippen molar-refractivity contribution in [2.75, 3.05) is 0 Å². The summed E-state index contributed by atoms with van der Waals surface area (Å²) >= 11 is 6.00. The molecule has 0 radical (unpaired) electrons. The minimum absolute atomic E-state index is 0.815. The van der Waals surface area contributed by atoms with Crippen LogP contribution in [0.25, 0.3) is 0 Å². The summed E-state index contributed by atoms with van der Waals surface area (Å²) in [4.78, 5) is 4.58. The molecule has 106 valence electrons. The summed E-state index contributed by atoms with van der Waals surface area (Å²) in [6.07, 6.45) is 3.43. The summed E-state index contributed by atoms with van der Waals surface area (Å²) in [6, 6.07) is 6.15. The van der Waals surface area contributed by atoms with Gasteiger partial charge in [0.2, 0.25) is 0 Å². The Labute approximate surface area is 133 Å². The van der Waals surface area contributed by atoms with E-state index in [0.29, 0.717) is 0 Å². The van der Waals surface area contributed by atoms with Crippen LogP contribution in [0.4, 0.5) is 5.69 Å². The first-order chi connectivity index (χ1) is 9.10. The molecule has 4 nitrogen and oxygen atoms in total. The molecule has 2 rings (SSSR count). The van der Waals surface area contributed by atoms with Crippen LogP contribution >= 0.6 is 28.5 Å². The molecule has 1 heterocycles. The van der Waals surface area contributed by atoms with Gasteiger partial charge in [0, 0.05) is 0 Å². The zero-order valence-corrected chi connectivity index (χ0v) is 14.9. The van der Waals surface area contributed by atoms with Crippen molar-refractivity contribution in [2.24, 2.45) is 4.99 Å². The van der Waals surface area contributed by atoms with Crippen LogP contribution in [0.1, 0.15) is 18.1 Å². The molecule has 0 unspecified atom stereocenters. The van der Waals surface area contributed by atoms with Gasteiger partial charge in [-0.3, -0.25) is 0 Å². The molecule has 0 saturated carbocycles. The van der Waals surface area contributed by atoms with E-state index >= 15 is 0 Å². The molecule has 0 fully saturated rings. The molecule has 0 saturated heterocycles. The van der Waals surface area contributed by atoms with Crippen LogP contribution in [0.3, 0.4) is 0 Å². The molecule has 1 aromatic carbocycles. The Bertz CT molecular complexity index is 520. The van der Waals surface area contributed by atoms with Gasteiger partial charge in [0.25, 0.3) is 0 Å². The number of hydrogen-bond acceptors (Lipinski definition) is 3. The average molecular weight is 433 g/mol. The molecule has 0 amide bonds. The number of aryl methyl sites for hydroxylation is 2. The zero-order chi connectivity index (χ0) is 14.3. The summed E-state index contributed by atoms with van der Waals surface area (Å²) < 4.78 is 1.66. The number of nitrogens with zero attached hydrogens (tertiary/aromatic N) is 4. The molecular weight excluding hydrogens is 419 g/mol. The SMILES string of the molecule is CC(=Nc1c(C)cccc1C)n1ccnn1.[Br][Ni][Br]. The van der Waals surface area contributed by atoms with E-state index in [9.17, 15) is 0 Å². The molecule has 0 atom stereocenters. The van der Waals surface area contributed by atoms with Crippen LogP contribution in [-0.2, 0) is 10.9 Å². The average Bonchev–Trinajstić information content (AvgIpc) is 2.88. The van der Waals surface area contributed by atoms with Gasteiger partial charge >= 0.3 is 39.3 Å². The Balaban J connectivity index is 0.000000550. The summed E-state index contributed by atoms with van der Waals surface area (Å²) in [6.45, 7) is 6.03. The quantitative estimate of drug-likeness (QED) is 0.385. The van der Waals surface area contributed by atoms with E-state index in [0.717, 1.165) is 11.5 Å². The Hall–Kier alpha value is -0.516. The third-order valence-electron chi connectivity index (χ3n) is 2.47. The standard InChI is InChI=1S/C12H14N4.2BrH.Ni/c1-9-5-4-6-10(2)12(9)14-11(3)16-8-7-13-15-16;;;/h4-8H,1-3H3;2*1H;/q;;;+2/p-2. The summed E-state index contributed by atoms with van der Waals surface area (Å²) in [5.74, 6) is 0.815. The van der Waals surface area contributed by atoms with Gasteiger partial charge in [-0.2, -0.15) is 0 Å². The molecular formula is C12H14Br2N4Ni. The number of hydrogen-bond donors (Lipinski definition) is 0. The van der Waals surface area contributed by atoms with Crippen LogP contribution < -0.4 is 0 Å². The van der Waals surface area contributed by atoms with Crippen molar-refractivity contribution >= 4 is 40.0 Å². The van der Waals surface area contributed by atoms with Gasteiger partial charge in [-0.1, -0.05) is 23.4 Å². The van der Waals surface area contributed by atoms with Crippen LogP contribution in [0, 0.1) is 13.8 Å². The molecule has 0 aliphatic carbocycles. The van der Waals surface area contributed by atoms with Crippen molar-refractivity contribution in [3.05, 3.63) is 41.7 Å². The fraction of sp³-hybridized carbons (Fsp3) is 0.250. The summed E-state index contributed by atoms with van der Waals surface area (Å²) in [5.41, 5.74) is 3.34. The van der Waals surface area contributed by atoms with Crippen LogP contribution in [0.5, 0.6) is 0 Å². The van der Waals surface area contributed by atoms with Gasteiger partial charge in [0.1, 0.15) is 5.84 Å². The minimum atomic E-state index is 0.815. The molecule has 0 aliphatic heterocycles. The molecule has 1 aromatic heterocycles. The van der Waals surface area contributed by atoms with E-state index in [-0.39, 0.29) is 0 Å². The number of aromatic nitrogens is 3. The number of aliphatic imine (C=N–C) groups is 1. The first-order valence-corrected chi connectivity index (χ1v) is 10.3. The van der Waals surface area contributed by atoms with E-state index in [2.05, 4.69) is 69.7 Å². The van der Waals surface area contributed by atoms with E-state index in [1.807, 2.05) is 13.0 Å². The predicted octanol–water partition coefficient (Wildman–Crippen LogP) is 4.18. The van der Waals surface area contributed by atoms with Crippen molar-refractivity contribution in [1.82, 2.24) is 15.0 Å². The third-order valence-corrected chi connectivity index (χ3v) is 2.47. The Morgan fingerprint density at radius 3 is 2.32 bits per heavy atom. The van der Waals surface area contributed by atoms with E-state index < -0.39 is 0 Å². The van der Waals surface area contributed by atoms with Crippen LogP contribution in [0.15, 0.2) is 35.6 Å². The van der Waals surface area contributed by atoms with Gasteiger partial charge < -0.3 is 0 Å². The molecule has 2 aromatic rings. The summed E-state index contributed by atoms with van der Waals surface area (Å²) in [5, 5.41) is 7.67. The first kappa shape index (κ1) is 16.5. The van der Waals surface area contributed by atoms with Crippen LogP contribution in [-0.4, -0.2) is 20.8 Å². The van der Waals surface area contributed by atoms with Crippen molar-refractivity contribution in [3.63, 3.8) is 0 Å². The van der Waals surface area contributed by atoms with Crippen molar-refractivity contribution < 1.29 is 10.9 Å². The molecule has 19 heavy (non-hydrogen) atoms. The van der Waals surface area contributed by atoms with Gasteiger partial charge in [-0.05, 0) is 31.9 Å². The second kappa shape index (κ2) is 8.61. The predicted molar refractivity (Wildman–Crippen MR) is 82.0 cm³/mol. The number of rotatable bonds is 1. The zero-order valence-electron chi connectivity index (χ0n) is 10.7. The Kier molecular flexibility index (Phi) is 7.50.